The molecule has 0 fully saturated rings. The van der Waals surface area contributed by atoms with Gasteiger partial charge in [0, 0.05) is 60.2 Å². The lowest BCUT2D eigenvalue weighted by Gasteiger charge is -2.26. The van der Waals surface area contributed by atoms with Crippen molar-refractivity contribution in [1.82, 2.24) is 4.58 Å². The quantitative estimate of drug-likeness (QED) is 0.228. The van der Waals surface area contributed by atoms with Crippen molar-refractivity contribution in [2.75, 3.05) is 37.7 Å². The van der Waals surface area contributed by atoms with Gasteiger partial charge in [-0.2, -0.15) is 0 Å². The highest BCUT2D eigenvalue weighted by Crippen LogP contribution is 2.47. The Morgan fingerprint density at radius 3 is 2.39 bits per heavy atom. The minimum atomic E-state index is -0.146. The van der Waals surface area contributed by atoms with Gasteiger partial charge in [-0.3, -0.25) is 0 Å². The lowest BCUT2D eigenvalue weighted by molar-refractivity contribution is 0.282. The largest absolute Gasteiger partial charge is 0.456 e. The van der Waals surface area contributed by atoms with E-state index in [9.17, 15) is 10.2 Å². The van der Waals surface area contributed by atoms with Crippen molar-refractivity contribution in [3.63, 3.8) is 0 Å². The molecule has 3 aliphatic rings. The predicted molar refractivity (Wildman–Crippen MR) is 169 cm³/mol. The lowest BCUT2D eigenvalue weighted by atomic mass is 9.83. The number of allylic oxidation sites excluding steroid dienone is 3. The summed E-state index contributed by atoms with van der Waals surface area (Å²) in [5.41, 5.74) is 6.77. The molecule has 0 radical (unpaired) electrons. The van der Waals surface area contributed by atoms with Crippen LogP contribution in [0.5, 0.6) is 0 Å². The summed E-state index contributed by atoms with van der Waals surface area (Å²) >= 11 is 0. The summed E-state index contributed by atoms with van der Waals surface area (Å²) in [6.45, 7) is 9.44. The molecule has 0 amide bonds. The van der Waals surface area contributed by atoms with Crippen LogP contribution in [0.3, 0.4) is 0 Å². The fourth-order valence-corrected chi connectivity index (χ4v) is 5.87. The second kappa shape index (κ2) is 12.7. The number of rotatable bonds is 10. The molecule has 5 heteroatoms. The molecule has 1 aliphatic carbocycles. The van der Waals surface area contributed by atoms with Gasteiger partial charge < -0.3 is 19.5 Å². The van der Waals surface area contributed by atoms with Gasteiger partial charge in [-0.15, -0.1) is 0 Å². The molecule has 5 nitrogen and oxygen atoms in total. The van der Waals surface area contributed by atoms with Gasteiger partial charge in [-0.1, -0.05) is 74.5 Å². The van der Waals surface area contributed by atoms with Crippen molar-refractivity contribution in [2.45, 2.75) is 39.0 Å². The lowest BCUT2D eigenvalue weighted by Crippen LogP contribution is -2.31. The average molecular weight is 550 g/mol. The number of aliphatic hydroxyl groups excluding tert-OH is 2. The minimum absolute atomic E-state index is 0.146. The maximum atomic E-state index is 9.57. The molecule has 0 atom stereocenters. The highest BCUT2D eigenvalue weighted by molar-refractivity contribution is 5.77. The summed E-state index contributed by atoms with van der Waals surface area (Å²) in [5.74, 6) is 1.65. The first-order chi connectivity index (χ1) is 20.0. The first-order valence-corrected chi connectivity index (χ1v) is 14.7. The predicted octanol–water partition coefficient (Wildman–Crippen LogP) is 6.30. The second-order valence-electron chi connectivity index (χ2n) is 11.1. The molecule has 2 heterocycles. The smallest absolute Gasteiger partial charge is 0.203 e. The summed E-state index contributed by atoms with van der Waals surface area (Å²) in [6.07, 6.45) is 7.98. The Balaban J connectivity index is 1.60. The molecule has 0 aromatic heterocycles. The zero-order valence-corrected chi connectivity index (χ0v) is 24.4. The van der Waals surface area contributed by atoms with Crippen molar-refractivity contribution in [3.8, 4) is 22.6 Å². The molecular weight excluding hydrogens is 508 g/mol. The van der Waals surface area contributed by atoms with E-state index in [0.29, 0.717) is 6.42 Å². The summed E-state index contributed by atoms with van der Waals surface area (Å²) in [5, 5.41) is 20.0. The molecule has 5 rings (SSSR count). The molecule has 41 heavy (non-hydrogen) atoms. The van der Waals surface area contributed by atoms with Crippen LogP contribution < -0.4 is 14.8 Å². The van der Waals surface area contributed by atoms with E-state index < -0.39 is 0 Å². The van der Waals surface area contributed by atoms with Crippen LogP contribution in [0.15, 0.2) is 101 Å². The van der Waals surface area contributed by atoms with Gasteiger partial charge >= 0.3 is 0 Å². The Labute approximate surface area is 243 Å². The van der Waals surface area contributed by atoms with Crippen LogP contribution in [0.1, 0.15) is 44.7 Å². The number of benzene rings is 3. The van der Waals surface area contributed by atoms with Gasteiger partial charge in [-0.25, -0.2) is 4.58 Å². The Morgan fingerprint density at radius 1 is 0.878 bits per heavy atom. The molecule has 0 saturated carbocycles. The standard InChI is InChI=1S/C36H41N2O3/c1-4-37(21-11-23-39)29-19-20-30-28(25-33(41-34(30)26-29)27-13-6-5-7-14-27)15-10-18-35-36(2,3)31-16-8-9-17-32(31)38(35)22-12-24-40/h5-10,13-20,25-26,39-40H,4,11-12,21-24H2,1-3H3/q+1. The number of hydrogen-bond acceptors (Lipinski definition) is 4. The van der Waals surface area contributed by atoms with Crippen molar-refractivity contribution in [3.05, 3.63) is 113 Å². The van der Waals surface area contributed by atoms with E-state index in [1.807, 2.05) is 18.2 Å². The van der Waals surface area contributed by atoms with E-state index in [1.54, 1.807) is 0 Å². The van der Waals surface area contributed by atoms with E-state index >= 15 is 0 Å². The maximum absolute atomic E-state index is 9.57. The number of aliphatic hydroxyl groups is 2. The third-order valence-corrected chi connectivity index (χ3v) is 8.04. The fraction of sp³-hybridized carbons (Fsp3) is 0.306. The first-order valence-electron chi connectivity index (χ1n) is 14.7. The van der Waals surface area contributed by atoms with Crippen molar-refractivity contribution < 1.29 is 14.6 Å². The van der Waals surface area contributed by atoms with Crippen LogP contribution in [0.25, 0.3) is 28.7 Å². The Morgan fingerprint density at radius 2 is 1.63 bits per heavy atom. The molecule has 0 bridgehead atoms. The van der Waals surface area contributed by atoms with Crippen LogP contribution in [0.4, 0.5) is 5.69 Å². The molecule has 2 aromatic carbocycles. The van der Waals surface area contributed by atoms with Crippen LogP contribution in [0, 0.1) is 0 Å². The molecule has 0 spiro atoms. The number of fused-ring (bicyclic) bond motifs is 2. The Kier molecular flexibility index (Phi) is 8.87. The SMILES string of the molecule is CC[N+](CCCO)=c1ccc2c(C=CC=C3N(CCCO)c4ccccc4C3(C)C)cc(-c3ccccc3)oc-2c1. The molecule has 212 valence electrons. The van der Waals surface area contributed by atoms with Crippen molar-refractivity contribution >= 4 is 11.8 Å². The molecule has 2 aromatic rings. The third-order valence-electron chi connectivity index (χ3n) is 8.04. The Hall–Kier alpha value is -3.93. The van der Waals surface area contributed by atoms with Gasteiger partial charge in [0.15, 0.2) is 0 Å². The molecule has 2 aliphatic heterocycles. The van der Waals surface area contributed by atoms with Gasteiger partial charge in [-0.05, 0) is 48.7 Å². The van der Waals surface area contributed by atoms with E-state index in [2.05, 4.69) is 109 Å². The summed E-state index contributed by atoms with van der Waals surface area (Å²) in [4.78, 5) is 2.35. The molecule has 0 unspecified atom stereocenters. The topological polar surface area (TPSA) is 59.9 Å². The van der Waals surface area contributed by atoms with Crippen molar-refractivity contribution in [1.29, 1.82) is 0 Å². The van der Waals surface area contributed by atoms with E-state index in [0.717, 1.165) is 59.6 Å². The summed E-state index contributed by atoms with van der Waals surface area (Å²) in [6, 6.07) is 27.3. The average Bonchev–Trinajstić information content (AvgIpc) is 3.22. The molecular formula is C36H41N2O3+. The Bertz CT molecular complexity index is 1580. The van der Waals surface area contributed by atoms with Crippen LogP contribution in [-0.2, 0) is 5.41 Å². The third kappa shape index (κ3) is 5.92. The van der Waals surface area contributed by atoms with Gasteiger partial charge in [0.05, 0.1) is 6.07 Å². The first kappa shape index (κ1) is 28.6. The van der Waals surface area contributed by atoms with Crippen LogP contribution in [-0.4, -0.2) is 43.1 Å². The highest BCUT2D eigenvalue weighted by Gasteiger charge is 2.39. The number of nitrogens with zero attached hydrogens (tertiary/aromatic N) is 2. The second-order valence-corrected chi connectivity index (χ2v) is 11.1. The van der Waals surface area contributed by atoms with E-state index in [-0.39, 0.29) is 18.6 Å². The summed E-state index contributed by atoms with van der Waals surface area (Å²) < 4.78 is 8.75. The van der Waals surface area contributed by atoms with E-state index in [1.165, 1.54) is 16.9 Å². The normalized spacial score (nSPS) is 16.1. The van der Waals surface area contributed by atoms with Gasteiger partial charge in [0.1, 0.15) is 24.6 Å². The fourth-order valence-electron chi connectivity index (χ4n) is 5.87. The molecule has 0 saturated heterocycles. The maximum Gasteiger partial charge on any atom is 0.203 e. The van der Waals surface area contributed by atoms with Crippen molar-refractivity contribution in [2.24, 2.45) is 0 Å². The van der Waals surface area contributed by atoms with Crippen LogP contribution in [0.2, 0.25) is 0 Å². The van der Waals surface area contributed by atoms with Gasteiger partial charge in [0.2, 0.25) is 5.36 Å². The monoisotopic (exact) mass is 549 g/mol. The zero-order chi connectivity index (χ0) is 28.8. The van der Waals surface area contributed by atoms with E-state index in [4.69, 9.17) is 4.42 Å². The number of hydrogen-bond donors (Lipinski definition) is 2. The highest BCUT2D eigenvalue weighted by atomic mass is 16.3. The van der Waals surface area contributed by atoms with Crippen LogP contribution >= 0.6 is 0 Å². The zero-order valence-electron chi connectivity index (χ0n) is 24.4. The summed E-state index contributed by atoms with van der Waals surface area (Å²) in [7, 11) is 0. The van der Waals surface area contributed by atoms with Gasteiger partial charge in [0.25, 0.3) is 0 Å². The number of anilines is 1. The molecule has 2 N–H and O–H groups in total. The number of para-hydroxylation sites is 1. The minimum Gasteiger partial charge on any atom is -0.456 e.